The molecule has 2 fully saturated rings. The first-order valence-electron chi connectivity index (χ1n) is 7.37. The Morgan fingerprint density at radius 1 is 1.26 bits per heavy atom. The summed E-state index contributed by atoms with van der Waals surface area (Å²) in [5.74, 6) is 0.762. The van der Waals surface area contributed by atoms with Gasteiger partial charge in [0.15, 0.2) is 0 Å². The lowest BCUT2D eigenvalue weighted by Crippen LogP contribution is -2.38. The molecule has 0 spiro atoms. The van der Waals surface area contributed by atoms with E-state index in [1.807, 2.05) is 13.0 Å². The van der Waals surface area contributed by atoms with Crippen LogP contribution in [0.25, 0.3) is 0 Å². The van der Waals surface area contributed by atoms with Crippen LogP contribution in [0.1, 0.15) is 37.8 Å². The van der Waals surface area contributed by atoms with Crippen LogP contribution in [0.15, 0.2) is 12.1 Å². The average Bonchev–Trinajstić information content (AvgIpc) is 3.03. The fourth-order valence-corrected chi connectivity index (χ4v) is 3.80. The largest absolute Gasteiger partial charge is 0.381 e. The summed E-state index contributed by atoms with van der Waals surface area (Å²) in [6, 6.07) is 5.22. The van der Waals surface area contributed by atoms with E-state index < -0.39 is 0 Å². The first-order chi connectivity index (χ1) is 9.24. The Labute approximate surface area is 120 Å². The van der Waals surface area contributed by atoms with E-state index in [2.05, 4.69) is 21.7 Å². The van der Waals surface area contributed by atoms with Crippen molar-refractivity contribution in [2.45, 2.75) is 51.1 Å². The fraction of sp³-hybridized carbons (Fsp3) is 0.667. The van der Waals surface area contributed by atoms with Crippen LogP contribution >= 0.6 is 11.6 Å². The maximum atomic E-state index is 5.92. The molecule has 0 amide bonds. The van der Waals surface area contributed by atoms with E-state index in [-0.39, 0.29) is 0 Å². The number of rotatable bonds is 3. The van der Waals surface area contributed by atoms with Crippen molar-refractivity contribution in [1.82, 2.24) is 10.3 Å². The molecule has 3 rings (SSSR count). The number of hydrogen-bond acceptors (Lipinski definition) is 3. The third-order valence-corrected chi connectivity index (χ3v) is 4.79. The van der Waals surface area contributed by atoms with Crippen LogP contribution in [-0.2, 0) is 0 Å². The van der Waals surface area contributed by atoms with Gasteiger partial charge in [-0.3, -0.25) is 0 Å². The zero-order valence-corrected chi connectivity index (χ0v) is 12.2. The van der Waals surface area contributed by atoms with Gasteiger partial charge in [0.05, 0.1) is 11.4 Å². The van der Waals surface area contributed by atoms with Gasteiger partial charge in [-0.05, 0) is 57.2 Å². The minimum Gasteiger partial charge on any atom is -0.381 e. The summed E-state index contributed by atoms with van der Waals surface area (Å²) >= 11 is 5.92. The Bertz CT molecular complexity index is 443. The Morgan fingerprint density at radius 3 is 2.89 bits per heavy atom. The van der Waals surface area contributed by atoms with Crippen molar-refractivity contribution in [1.29, 1.82) is 0 Å². The van der Waals surface area contributed by atoms with Gasteiger partial charge in [0.25, 0.3) is 0 Å². The maximum Gasteiger partial charge on any atom is 0.129 e. The zero-order valence-electron chi connectivity index (χ0n) is 11.5. The molecule has 2 heterocycles. The monoisotopic (exact) mass is 279 g/mol. The van der Waals surface area contributed by atoms with Crippen LogP contribution in [0.2, 0.25) is 5.15 Å². The summed E-state index contributed by atoms with van der Waals surface area (Å²) in [4.78, 5) is 4.33. The number of anilines is 1. The topological polar surface area (TPSA) is 37.0 Å². The normalized spacial score (nSPS) is 30.7. The first-order valence-corrected chi connectivity index (χ1v) is 7.75. The van der Waals surface area contributed by atoms with Crippen LogP contribution < -0.4 is 10.6 Å². The van der Waals surface area contributed by atoms with E-state index >= 15 is 0 Å². The number of pyridine rings is 1. The van der Waals surface area contributed by atoms with E-state index in [0.29, 0.717) is 17.2 Å². The van der Waals surface area contributed by atoms with Crippen LogP contribution in [0.5, 0.6) is 0 Å². The van der Waals surface area contributed by atoms with Crippen LogP contribution in [0.4, 0.5) is 5.69 Å². The third-order valence-electron chi connectivity index (χ3n) is 4.58. The molecule has 1 saturated heterocycles. The van der Waals surface area contributed by atoms with Crippen molar-refractivity contribution < 1.29 is 0 Å². The van der Waals surface area contributed by atoms with Gasteiger partial charge in [-0.1, -0.05) is 18.0 Å². The predicted octanol–water partition coefficient (Wildman–Crippen LogP) is 3.38. The quantitative estimate of drug-likeness (QED) is 0.833. The smallest absolute Gasteiger partial charge is 0.129 e. The molecule has 3 nitrogen and oxygen atoms in total. The van der Waals surface area contributed by atoms with Crippen molar-refractivity contribution in [2.24, 2.45) is 5.92 Å². The van der Waals surface area contributed by atoms with Gasteiger partial charge in [-0.25, -0.2) is 4.98 Å². The molecule has 1 aliphatic heterocycles. The van der Waals surface area contributed by atoms with Crippen molar-refractivity contribution in [3.8, 4) is 0 Å². The molecule has 1 aromatic heterocycles. The molecule has 0 radical (unpaired) electrons. The van der Waals surface area contributed by atoms with Gasteiger partial charge in [-0.2, -0.15) is 0 Å². The fourth-order valence-electron chi connectivity index (χ4n) is 3.61. The highest BCUT2D eigenvalue weighted by atomic mass is 35.5. The number of aryl methyl sites for hydroxylation is 1. The van der Waals surface area contributed by atoms with Gasteiger partial charge in [0.2, 0.25) is 0 Å². The average molecular weight is 280 g/mol. The SMILES string of the molecule is Cc1nc(Cl)ccc1NC1CCCC1C1CCCN1. The van der Waals surface area contributed by atoms with Crippen molar-refractivity contribution in [2.75, 3.05) is 11.9 Å². The van der Waals surface area contributed by atoms with E-state index in [1.54, 1.807) is 0 Å². The molecule has 0 bridgehead atoms. The first kappa shape index (κ1) is 13.2. The molecule has 3 unspecified atom stereocenters. The van der Waals surface area contributed by atoms with Crippen LogP contribution in [0, 0.1) is 12.8 Å². The highest BCUT2D eigenvalue weighted by Crippen LogP contribution is 2.34. The summed E-state index contributed by atoms with van der Waals surface area (Å²) in [6.07, 6.45) is 6.61. The molecule has 1 saturated carbocycles. The van der Waals surface area contributed by atoms with Crippen molar-refractivity contribution in [3.63, 3.8) is 0 Å². The number of nitrogens with zero attached hydrogens (tertiary/aromatic N) is 1. The van der Waals surface area contributed by atoms with Gasteiger partial charge in [-0.15, -0.1) is 0 Å². The molecule has 2 aliphatic rings. The van der Waals surface area contributed by atoms with Crippen molar-refractivity contribution in [3.05, 3.63) is 23.0 Å². The van der Waals surface area contributed by atoms with E-state index in [4.69, 9.17) is 11.6 Å². The molecular formula is C15H22ClN3. The standard InChI is InChI=1S/C15H22ClN3/c1-10-12(7-8-15(16)18-10)19-14-5-2-4-11(14)13-6-3-9-17-13/h7-8,11,13-14,17,19H,2-6,9H2,1H3. The van der Waals surface area contributed by atoms with Gasteiger partial charge in [0.1, 0.15) is 5.15 Å². The Balaban J connectivity index is 1.70. The lowest BCUT2D eigenvalue weighted by atomic mass is 9.93. The van der Waals surface area contributed by atoms with Crippen LogP contribution in [-0.4, -0.2) is 23.6 Å². The second kappa shape index (κ2) is 5.68. The van der Waals surface area contributed by atoms with E-state index in [1.165, 1.54) is 38.6 Å². The number of hydrogen-bond donors (Lipinski definition) is 2. The van der Waals surface area contributed by atoms with E-state index in [0.717, 1.165) is 17.3 Å². The predicted molar refractivity (Wildman–Crippen MR) is 79.8 cm³/mol. The molecule has 0 aromatic carbocycles. The number of halogens is 1. The lowest BCUT2D eigenvalue weighted by Gasteiger charge is -2.27. The second-order valence-corrected chi connectivity index (χ2v) is 6.20. The molecule has 3 atom stereocenters. The van der Waals surface area contributed by atoms with Crippen LogP contribution in [0.3, 0.4) is 0 Å². The number of nitrogens with one attached hydrogen (secondary N) is 2. The minimum atomic E-state index is 0.573. The summed E-state index contributed by atoms with van der Waals surface area (Å²) in [6.45, 7) is 3.21. The van der Waals surface area contributed by atoms with Crippen molar-refractivity contribution >= 4 is 17.3 Å². The second-order valence-electron chi connectivity index (χ2n) is 5.82. The maximum absolute atomic E-state index is 5.92. The molecule has 19 heavy (non-hydrogen) atoms. The van der Waals surface area contributed by atoms with Gasteiger partial charge < -0.3 is 10.6 Å². The zero-order chi connectivity index (χ0) is 13.2. The van der Waals surface area contributed by atoms with E-state index in [9.17, 15) is 0 Å². The van der Waals surface area contributed by atoms with Gasteiger partial charge in [0, 0.05) is 12.1 Å². The molecular weight excluding hydrogens is 258 g/mol. The molecule has 4 heteroatoms. The minimum absolute atomic E-state index is 0.573. The summed E-state index contributed by atoms with van der Waals surface area (Å²) in [5, 5.41) is 7.94. The summed E-state index contributed by atoms with van der Waals surface area (Å²) in [7, 11) is 0. The third kappa shape index (κ3) is 2.87. The molecule has 2 N–H and O–H groups in total. The molecule has 1 aliphatic carbocycles. The highest BCUT2D eigenvalue weighted by molar-refractivity contribution is 6.29. The lowest BCUT2D eigenvalue weighted by molar-refractivity contribution is 0.376. The van der Waals surface area contributed by atoms with Gasteiger partial charge >= 0.3 is 0 Å². The molecule has 104 valence electrons. The molecule has 1 aromatic rings. The number of aromatic nitrogens is 1. The Kier molecular flexibility index (Phi) is 3.94. The Morgan fingerprint density at radius 2 is 2.16 bits per heavy atom. The summed E-state index contributed by atoms with van der Waals surface area (Å²) in [5.41, 5.74) is 2.14. The highest BCUT2D eigenvalue weighted by Gasteiger charge is 2.35. The Hall–Kier alpha value is -0.800. The summed E-state index contributed by atoms with van der Waals surface area (Å²) < 4.78 is 0.